The van der Waals surface area contributed by atoms with E-state index >= 15 is 0 Å². The molecule has 0 saturated heterocycles. The van der Waals surface area contributed by atoms with E-state index in [1.54, 1.807) is 6.07 Å². The molecule has 0 spiro atoms. The summed E-state index contributed by atoms with van der Waals surface area (Å²) >= 11 is 0. The molecule has 0 saturated carbocycles. The number of nitrogens with one attached hydrogen (secondary N) is 1. The Hall–Kier alpha value is -2.46. The third-order valence-electron chi connectivity index (χ3n) is 4.76. The SMILES string of the molecule is COc1ccc(NS(=O)(=O)c2ccc(C(F)(F)F)cc2)c2c1C[C@@H](N(C)C)CO2. The number of halogens is 3. The summed E-state index contributed by atoms with van der Waals surface area (Å²) in [6, 6.07) is 6.54. The Morgan fingerprint density at radius 3 is 2.34 bits per heavy atom. The molecule has 6 nitrogen and oxygen atoms in total. The van der Waals surface area contributed by atoms with Crippen LogP contribution in [0.2, 0.25) is 0 Å². The van der Waals surface area contributed by atoms with Crippen LogP contribution in [0.25, 0.3) is 0 Å². The van der Waals surface area contributed by atoms with E-state index in [4.69, 9.17) is 9.47 Å². The standard InChI is InChI=1S/C19H21F3N2O4S/c1-24(2)13-10-15-17(27-3)9-8-16(18(15)28-11-13)23-29(25,26)14-6-4-12(5-7-14)19(20,21)22/h4-9,13,23H,10-11H2,1-3H3/t13-/m1/s1. The number of sulfonamides is 1. The highest BCUT2D eigenvalue weighted by molar-refractivity contribution is 7.92. The average molecular weight is 430 g/mol. The first-order valence-electron chi connectivity index (χ1n) is 8.72. The zero-order valence-corrected chi connectivity index (χ0v) is 16.9. The van der Waals surface area contributed by atoms with Gasteiger partial charge in [0.1, 0.15) is 18.1 Å². The Bertz CT molecular complexity index is 990. The van der Waals surface area contributed by atoms with E-state index in [1.807, 2.05) is 19.0 Å². The largest absolute Gasteiger partial charge is 0.496 e. The summed E-state index contributed by atoms with van der Waals surface area (Å²) in [5.41, 5.74) is 0.0133. The third kappa shape index (κ3) is 4.43. The van der Waals surface area contributed by atoms with Crippen molar-refractivity contribution in [2.45, 2.75) is 23.5 Å². The summed E-state index contributed by atoms with van der Waals surface area (Å²) in [4.78, 5) is 1.72. The van der Waals surface area contributed by atoms with E-state index in [9.17, 15) is 21.6 Å². The first-order valence-corrected chi connectivity index (χ1v) is 10.2. The molecule has 158 valence electrons. The lowest BCUT2D eigenvalue weighted by molar-refractivity contribution is -0.137. The number of rotatable bonds is 5. The van der Waals surface area contributed by atoms with Gasteiger partial charge < -0.3 is 14.4 Å². The van der Waals surface area contributed by atoms with Crippen molar-refractivity contribution in [3.05, 3.63) is 47.5 Å². The number of nitrogens with zero attached hydrogens (tertiary/aromatic N) is 1. The van der Waals surface area contributed by atoms with Crippen molar-refractivity contribution < 1.29 is 31.1 Å². The number of likely N-dealkylation sites (N-methyl/N-ethyl adjacent to an activating group) is 1. The highest BCUT2D eigenvalue weighted by Gasteiger charge is 2.31. The van der Waals surface area contributed by atoms with E-state index in [1.165, 1.54) is 13.2 Å². The fourth-order valence-electron chi connectivity index (χ4n) is 3.07. The van der Waals surface area contributed by atoms with Gasteiger partial charge >= 0.3 is 6.18 Å². The molecule has 0 aliphatic carbocycles. The van der Waals surface area contributed by atoms with Crippen LogP contribution in [-0.2, 0) is 22.6 Å². The van der Waals surface area contributed by atoms with Gasteiger partial charge in [-0.05, 0) is 56.9 Å². The number of hydrogen-bond acceptors (Lipinski definition) is 5. The monoisotopic (exact) mass is 430 g/mol. The Kier molecular flexibility index (Phi) is 5.68. The predicted molar refractivity (Wildman–Crippen MR) is 102 cm³/mol. The fraction of sp³-hybridized carbons (Fsp3) is 0.368. The van der Waals surface area contributed by atoms with Crippen LogP contribution in [0.15, 0.2) is 41.3 Å². The van der Waals surface area contributed by atoms with Crippen LogP contribution in [0.3, 0.4) is 0 Å². The van der Waals surface area contributed by atoms with Crippen LogP contribution in [-0.4, -0.2) is 47.2 Å². The van der Waals surface area contributed by atoms with E-state index in [0.717, 1.165) is 29.8 Å². The van der Waals surface area contributed by atoms with E-state index in [2.05, 4.69) is 4.72 Å². The summed E-state index contributed by atoms with van der Waals surface area (Å²) in [7, 11) is 1.25. The van der Waals surface area contributed by atoms with Crippen LogP contribution in [0.4, 0.5) is 18.9 Å². The molecule has 0 radical (unpaired) electrons. The molecule has 1 atom stereocenters. The Morgan fingerprint density at radius 1 is 1.14 bits per heavy atom. The second kappa shape index (κ2) is 7.75. The average Bonchev–Trinajstić information content (AvgIpc) is 2.67. The zero-order chi connectivity index (χ0) is 21.4. The van der Waals surface area contributed by atoms with Crippen molar-refractivity contribution in [2.24, 2.45) is 0 Å². The molecule has 3 rings (SSSR count). The molecular weight excluding hydrogens is 409 g/mol. The van der Waals surface area contributed by atoms with Gasteiger partial charge in [0, 0.05) is 11.6 Å². The lowest BCUT2D eigenvalue weighted by atomic mass is 10.00. The van der Waals surface area contributed by atoms with Gasteiger partial charge in [0.15, 0.2) is 0 Å². The molecule has 1 aliphatic heterocycles. The normalized spacial score (nSPS) is 16.9. The smallest absolute Gasteiger partial charge is 0.416 e. The minimum absolute atomic E-state index is 0.0955. The maximum Gasteiger partial charge on any atom is 0.416 e. The quantitative estimate of drug-likeness (QED) is 0.788. The first kappa shape index (κ1) is 21.3. The lowest BCUT2D eigenvalue weighted by Crippen LogP contribution is -2.38. The van der Waals surface area contributed by atoms with Crippen LogP contribution < -0.4 is 14.2 Å². The van der Waals surface area contributed by atoms with Crippen molar-refractivity contribution in [3.8, 4) is 11.5 Å². The van der Waals surface area contributed by atoms with Gasteiger partial charge in [-0.2, -0.15) is 13.2 Å². The number of methoxy groups -OCH3 is 1. The molecule has 0 amide bonds. The molecular formula is C19H21F3N2O4S. The number of ether oxygens (including phenoxy) is 2. The highest BCUT2D eigenvalue weighted by atomic mass is 32.2. The van der Waals surface area contributed by atoms with Crippen molar-refractivity contribution in [2.75, 3.05) is 32.5 Å². The number of hydrogen-bond donors (Lipinski definition) is 1. The predicted octanol–water partition coefficient (Wildman–Crippen LogP) is 3.38. The zero-order valence-electron chi connectivity index (χ0n) is 16.1. The summed E-state index contributed by atoms with van der Waals surface area (Å²) in [6.45, 7) is 0.363. The van der Waals surface area contributed by atoms with Crippen molar-refractivity contribution in [1.29, 1.82) is 0 Å². The molecule has 2 aromatic rings. The topological polar surface area (TPSA) is 67.9 Å². The highest BCUT2D eigenvalue weighted by Crippen LogP contribution is 2.40. The Balaban J connectivity index is 1.93. The maximum atomic E-state index is 12.7. The summed E-state index contributed by atoms with van der Waals surface area (Å²) < 4.78 is 77.1. The van der Waals surface area contributed by atoms with Crippen molar-refractivity contribution in [3.63, 3.8) is 0 Å². The molecule has 0 bridgehead atoms. The molecule has 2 aromatic carbocycles. The Morgan fingerprint density at radius 2 is 1.79 bits per heavy atom. The maximum absolute atomic E-state index is 12.7. The molecule has 0 unspecified atom stereocenters. The molecule has 0 fully saturated rings. The Labute approximate surface area is 167 Å². The van der Waals surface area contributed by atoms with Crippen LogP contribution >= 0.6 is 0 Å². The van der Waals surface area contributed by atoms with Crippen LogP contribution in [0.5, 0.6) is 11.5 Å². The van der Waals surface area contributed by atoms with Crippen LogP contribution in [0, 0.1) is 0 Å². The van der Waals surface area contributed by atoms with Crippen LogP contribution in [0.1, 0.15) is 11.1 Å². The fourth-order valence-corrected chi connectivity index (χ4v) is 4.13. The third-order valence-corrected chi connectivity index (χ3v) is 6.15. The van der Waals surface area contributed by atoms with Gasteiger partial charge in [0.2, 0.25) is 0 Å². The number of fused-ring (bicyclic) bond motifs is 1. The van der Waals surface area contributed by atoms with Gasteiger partial charge in [0.05, 0.1) is 23.3 Å². The van der Waals surface area contributed by atoms with E-state index in [0.29, 0.717) is 24.5 Å². The van der Waals surface area contributed by atoms with Gasteiger partial charge in [-0.25, -0.2) is 8.42 Å². The molecule has 10 heteroatoms. The second-order valence-electron chi connectivity index (χ2n) is 6.88. The van der Waals surface area contributed by atoms with Gasteiger partial charge in [0.25, 0.3) is 10.0 Å². The minimum Gasteiger partial charge on any atom is -0.496 e. The number of anilines is 1. The summed E-state index contributed by atoms with van der Waals surface area (Å²) in [6.07, 6.45) is -3.94. The molecule has 1 aliphatic rings. The first-order chi connectivity index (χ1) is 13.5. The minimum atomic E-state index is -4.54. The van der Waals surface area contributed by atoms with E-state index in [-0.39, 0.29) is 16.6 Å². The van der Waals surface area contributed by atoms with Gasteiger partial charge in [-0.15, -0.1) is 0 Å². The lowest BCUT2D eigenvalue weighted by Gasteiger charge is -2.32. The van der Waals surface area contributed by atoms with Gasteiger partial charge in [-0.3, -0.25) is 4.72 Å². The number of benzene rings is 2. The second-order valence-corrected chi connectivity index (χ2v) is 8.57. The molecule has 0 aromatic heterocycles. The van der Waals surface area contributed by atoms with E-state index < -0.39 is 21.8 Å². The van der Waals surface area contributed by atoms with Crippen molar-refractivity contribution in [1.82, 2.24) is 4.90 Å². The van der Waals surface area contributed by atoms with Crippen molar-refractivity contribution >= 4 is 15.7 Å². The molecule has 1 heterocycles. The molecule has 1 N–H and O–H groups in total. The number of alkyl halides is 3. The van der Waals surface area contributed by atoms with Gasteiger partial charge in [-0.1, -0.05) is 0 Å². The summed E-state index contributed by atoms with van der Waals surface area (Å²) in [5.74, 6) is 0.932. The summed E-state index contributed by atoms with van der Waals surface area (Å²) in [5, 5.41) is 0. The molecule has 29 heavy (non-hydrogen) atoms.